The highest BCUT2D eigenvalue weighted by Crippen LogP contribution is 2.18. The molecule has 0 aliphatic carbocycles. The van der Waals surface area contributed by atoms with Crippen molar-refractivity contribution in [1.82, 2.24) is 24.1 Å². The van der Waals surface area contributed by atoms with E-state index in [0.29, 0.717) is 19.6 Å². The lowest BCUT2D eigenvalue weighted by Gasteiger charge is -2.16. The molecule has 136 valence electrons. The van der Waals surface area contributed by atoms with Crippen LogP contribution >= 0.6 is 0 Å². The van der Waals surface area contributed by atoms with Crippen LogP contribution in [0, 0.1) is 20.8 Å². The van der Waals surface area contributed by atoms with Crippen molar-refractivity contribution in [3.63, 3.8) is 0 Å². The van der Waals surface area contributed by atoms with Crippen molar-refractivity contribution < 1.29 is 8.42 Å². The van der Waals surface area contributed by atoms with E-state index in [1.807, 2.05) is 31.5 Å². The molecule has 25 heavy (non-hydrogen) atoms. The molecule has 0 saturated heterocycles. The molecule has 0 bridgehead atoms. The van der Waals surface area contributed by atoms with Crippen molar-refractivity contribution in [2.75, 3.05) is 18.1 Å². The van der Waals surface area contributed by atoms with Gasteiger partial charge in [0, 0.05) is 24.3 Å². The summed E-state index contributed by atoms with van der Waals surface area (Å²) in [5.74, 6) is 1.54. The number of aryl methyl sites for hydroxylation is 3. The highest BCUT2D eigenvalue weighted by Gasteiger charge is 2.22. The lowest BCUT2D eigenvalue weighted by molar-refractivity contribution is 0.414. The summed E-state index contributed by atoms with van der Waals surface area (Å²) in [6.07, 6.45) is 2.02. The van der Waals surface area contributed by atoms with E-state index >= 15 is 0 Å². The largest absolute Gasteiger partial charge is 0.364 e. The molecule has 3 rings (SSSR count). The topological polar surface area (TPSA) is 93.0 Å². The fourth-order valence-corrected chi connectivity index (χ4v) is 3.80. The van der Waals surface area contributed by atoms with Gasteiger partial charge in [0.25, 0.3) is 0 Å². The van der Waals surface area contributed by atoms with Crippen LogP contribution in [0.4, 0.5) is 5.82 Å². The monoisotopic (exact) mass is 364 g/mol. The molecule has 1 aliphatic rings. The number of anilines is 1. The second-order valence-electron chi connectivity index (χ2n) is 6.48. The predicted molar refractivity (Wildman–Crippen MR) is 95.7 cm³/mol. The van der Waals surface area contributed by atoms with E-state index in [9.17, 15) is 8.42 Å². The van der Waals surface area contributed by atoms with Gasteiger partial charge in [-0.05, 0) is 33.3 Å². The van der Waals surface area contributed by atoms with Crippen LogP contribution in [0.3, 0.4) is 0 Å². The lowest BCUT2D eigenvalue weighted by Crippen LogP contribution is -2.29. The fraction of sp³-hybridized carbons (Fsp3) is 0.562. The molecule has 0 spiro atoms. The van der Waals surface area contributed by atoms with E-state index in [-0.39, 0.29) is 0 Å². The Morgan fingerprint density at radius 1 is 1.20 bits per heavy atom. The molecule has 0 radical (unpaired) electrons. The molecule has 0 atom stereocenters. The number of sulfonamides is 1. The van der Waals surface area contributed by atoms with Gasteiger partial charge in [-0.15, -0.1) is 0 Å². The van der Waals surface area contributed by atoms with Gasteiger partial charge in [-0.25, -0.2) is 18.4 Å². The Morgan fingerprint density at radius 2 is 1.96 bits per heavy atom. The summed E-state index contributed by atoms with van der Waals surface area (Å²) < 4.78 is 27.1. The van der Waals surface area contributed by atoms with Crippen LogP contribution in [0.5, 0.6) is 0 Å². The van der Waals surface area contributed by atoms with E-state index in [1.54, 1.807) is 0 Å². The number of nitrogens with zero attached hydrogens (tertiary/aromatic N) is 5. The molecule has 0 fully saturated rings. The van der Waals surface area contributed by atoms with E-state index in [1.165, 1.54) is 10.6 Å². The minimum Gasteiger partial charge on any atom is -0.364 e. The highest BCUT2D eigenvalue weighted by atomic mass is 32.2. The molecule has 3 heterocycles. The van der Waals surface area contributed by atoms with Gasteiger partial charge in [-0.2, -0.15) is 9.40 Å². The summed E-state index contributed by atoms with van der Waals surface area (Å²) in [6.45, 7) is 8.00. The number of rotatable bonds is 4. The average Bonchev–Trinajstić information content (AvgIpc) is 2.78. The molecule has 1 aliphatic heterocycles. The molecule has 0 saturated carbocycles. The normalized spacial score (nSPS) is 15.7. The summed E-state index contributed by atoms with van der Waals surface area (Å²) in [4.78, 5) is 8.80. The molecule has 0 aromatic carbocycles. The third-order valence-electron chi connectivity index (χ3n) is 4.44. The predicted octanol–water partition coefficient (Wildman–Crippen LogP) is 1.38. The van der Waals surface area contributed by atoms with Gasteiger partial charge in [0.05, 0.1) is 30.7 Å². The maximum absolute atomic E-state index is 11.8. The van der Waals surface area contributed by atoms with Crippen LogP contribution in [-0.2, 0) is 29.7 Å². The first kappa shape index (κ1) is 17.8. The van der Waals surface area contributed by atoms with Gasteiger partial charge in [0.2, 0.25) is 10.0 Å². The van der Waals surface area contributed by atoms with Crippen molar-refractivity contribution in [3.05, 3.63) is 34.5 Å². The Kier molecular flexibility index (Phi) is 4.79. The number of aromatic nitrogens is 4. The molecular weight excluding hydrogens is 340 g/mol. The first-order chi connectivity index (χ1) is 11.7. The molecule has 0 amide bonds. The van der Waals surface area contributed by atoms with Gasteiger partial charge >= 0.3 is 0 Å². The molecule has 9 heteroatoms. The maximum atomic E-state index is 11.8. The molecule has 2 aromatic rings. The van der Waals surface area contributed by atoms with Gasteiger partial charge < -0.3 is 5.32 Å². The zero-order valence-electron chi connectivity index (χ0n) is 15.1. The highest BCUT2D eigenvalue weighted by molar-refractivity contribution is 7.88. The third-order valence-corrected chi connectivity index (χ3v) is 5.69. The fourth-order valence-electron chi connectivity index (χ4n) is 2.98. The van der Waals surface area contributed by atoms with Crippen LogP contribution in [0.2, 0.25) is 0 Å². The molecule has 8 nitrogen and oxygen atoms in total. The van der Waals surface area contributed by atoms with Crippen molar-refractivity contribution in [1.29, 1.82) is 0 Å². The Balaban J connectivity index is 1.76. The maximum Gasteiger partial charge on any atom is 0.211 e. The van der Waals surface area contributed by atoms with E-state index in [4.69, 9.17) is 0 Å². The van der Waals surface area contributed by atoms with Gasteiger partial charge in [0.15, 0.2) is 0 Å². The van der Waals surface area contributed by atoms with Crippen LogP contribution in [0.25, 0.3) is 0 Å². The van der Waals surface area contributed by atoms with Crippen molar-refractivity contribution in [2.45, 2.75) is 46.8 Å². The molecule has 2 aromatic heterocycles. The number of hydrogen-bond acceptors (Lipinski definition) is 6. The summed E-state index contributed by atoms with van der Waals surface area (Å²) in [6, 6.07) is 1.97. The SMILES string of the molecule is Cc1nc(C)c(C)c(NCc2cc3n(n2)CCCN(S(C)(=O)=O)C3)n1. The minimum atomic E-state index is -3.19. The second-order valence-corrected chi connectivity index (χ2v) is 8.47. The first-order valence-corrected chi connectivity index (χ1v) is 10.2. The Bertz CT molecular complexity index is 890. The number of nitrogens with one attached hydrogen (secondary N) is 1. The van der Waals surface area contributed by atoms with Crippen LogP contribution in [0.1, 0.15) is 34.9 Å². The Morgan fingerprint density at radius 3 is 2.68 bits per heavy atom. The van der Waals surface area contributed by atoms with Crippen molar-refractivity contribution >= 4 is 15.8 Å². The third kappa shape index (κ3) is 3.98. The zero-order chi connectivity index (χ0) is 18.2. The van der Waals surface area contributed by atoms with Crippen LogP contribution < -0.4 is 5.32 Å². The standard InChI is InChI=1S/C16H24N6O2S/c1-11-12(2)18-13(3)19-16(11)17-9-14-8-15-10-21(25(4,23)24)6-5-7-22(15)20-14/h8H,5-7,9-10H2,1-4H3,(H,17,18,19). The average molecular weight is 364 g/mol. The Labute approximate surface area is 148 Å². The Hall–Kier alpha value is -2.00. The van der Waals surface area contributed by atoms with Gasteiger partial charge in [0.1, 0.15) is 11.6 Å². The van der Waals surface area contributed by atoms with Crippen molar-refractivity contribution in [2.24, 2.45) is 0 Å². The van der Waals surface area contributed by atoms with Crippen molar-refractivity contribution in [3.8, 4) is 0 Å². The minimum absolute atomic E-state index is 0.372. The van der Waals surface area contributed by atoms with E-state index < -0.39 is 10.0 Å². The van der Waals surface area contributed by atoms with Gasteiger partial charge in [-0.1, -0.05) is 0 Å². The summed E-state index contributed by atoms with van der Waals surface area (Å²) in [5, 5.41) is 7.92. The molecule has 0 unspecified atom stereocenters. The quantitative estimate of drug-likeness (QED) is 0.881. The summed E-state index contributed by atoms with van der Waals surface area (Å²) >= 11 is 0. The van der Waals surface area contributed by atoms with E-state index in [0.717, 1.165) is 47.3 Å². The summed E-state index contributed by atoms with van der Waals surface area (Å²) in [5.41, 5.74) is 3.78. The zero-order valence-corrected chi connectivity index (χ0v) is 15.9. The number of fused-ring (bicyclic) bond motifs is 1. The molecular formula is C16H24N6O2S. The summed E-state index contributed by atoms with van der Waals surface area (Å²) in [7, 11) is -3.19. The first-order valence-electron chi connectivity index (χ1n) is 8.30. The van der Waals surface area contributed by atoms with Crippen LogP contribution in [-0.4, -0.2) is 45.3 Å². The number of hydrogen-bond donors (Lipinski definition) is 1. The lowest BCUT2D eigenvalue weighted by atomic mass is 10.2. The smallest absolute Gasteiger partial charge is 0.211 e. The van der Waals surface area contributed by atoms with E-state index in [2.05, 4.69) is 20.4 Å². The second kappa shape index (κ2) is 6.72. The van der Waals surface area contributed by atoms with Gasteiger partial charge in [-0.3, -0.25) is 4.68 Å². The van der Waals surface area contributed by atoms with Crippen LogP contribution in [0.15, 0.2) is 6.07 Å². The molecule has 1 N–H and O–H groups in total.